The van der Waals surface area contributed by atoms with Crippen molar-refractivity contribution in [3.63, 3.8) is 0 Å². The zero-order valence-corrected chi connectivity index (χ0v) is 12.5. The van der Waals surface area contributed by atoms with E-state index in [2.05, 4.69) is 15.3 Å². The number of hydrogen-bond acceptors (Lipinski definition) is 4. The third kappa shape index (κ3) is 3.52. The van der Waals surface area contributed by atoms with Gasteiger partial charge in [-0.1, -0.05) is 29.8 Å². The number of carbonyl (C=O) groups is 1. The van der Waals surface area contributed by atoms with Crippen LogP contribution in [0.15, 0.2) is 60.9 Å². The van der Waals surface area contributed by atoms with Gasteiger partial charge in [0.05, 0.1) is 11.3 Å². The lowest BCUT2D eigenvalue weighted by Gasteiger charge is -2.08. The number of nitrogens with one attached hydrogen (secondary N) is 1. The van der Waals surface area contributed by atoms with Crippen molar-refractivity contribution in [2.24, 2.45) is 0 Å². The number of carboxylic acid groups (broad SMARTS) is 1. The van der Waals surface area contributed by atoms with Crippen LogP contribution in [0.4, 0.5) is 11.5 Å². The highest BCUT2D eigenvalue weighted by atomic mass is 16.4. The first kappa shape index (κ1) is 14.7. The van der Waals surface area contributed by atoms with Gasteiger partial charge in [-0.05, 0) is 31.2 Å². The average Bonchev–Trinajstić information content (AvgIpc) is 2.57. The molecular weight excluding hydrogens is 290 g/mol. The summed E-state index contributed by atoms with van der Waals surface area (Å²) in [6.07, 6.45) is 1.46. The normalized spacial score (nSPS) is 10.3. The molecule has 1 heterocycles. The fourth-order valence-corrected chi connectivity index (χ4v) is 2.18. The highest BCUT2D eigenvalue weighted by Gasteiger charge is 2.07. The summed E-state index contributed by atoms with van der Waals surface area (Å²) in [4.78, 5) is 19.5. The van der Waals surface area contributed by atoms with Gasteiger partial charge in [-0.15, -0.1) is 0 Å². The number of aromatic nitrogens is 2. The molecule has 0 aliphatic carbocycles. The number of rotatable bonds is 4. The number of nitrogens with zero attached hydrogens (tertiary/aromatic N) is 2. The lowest BCUT2D eigenvalue weighted by atomic mass is 10.1. The fraction of sp³-hybridized carbons (Fsp3) is 0.0556. The molecule has 5 nitrogen and oxygen atoms in total. The number of aryl methyl sites for hydroxylation is 1. The molecule has 3 aromatic rings. The van der Waals surface area contributed by atoms with Crippen LogP contribution in [0.3, 0.4) is 0 Å². The maximum absolute atomic E-state index is 11.1. The highest BCUT2D eigenvalue weighted by Crippen LogP contribution is 2.22. The minimum absolute atomic E-state index is 0.231. The van der Waals surface area contributed by atoms with Gasteiger partial charge in [0, 0.05) is 17.3 Å². The van der Waals surface area contributed by atoms with Crippen molar-refractivity contribution in [3.05, 3.63) is 72.1 Å². The molecule has 0 amide bonds. The van der Waals surface area contributed by atoms with E-state index in [1.807, 2.05) is 37.3 Å². The minimum Gasteiger partial charge on any atom is -0.478 e. The van der Waals surface area contributed by atoms with Crippen LogP contribution in [-0.4, -0.2) is 21.0 Å². The molecule has 0 saturated heterocycles. The third-order valence-corrected chi connectivity index (χ3v) is 3.40. The van der Waals surface area contributed by atoms with E-state index in [0.717, 1.165) is 11.3 Å². The molecule has 0 aliphatic heterocycles. The third-order valence-electron chi connectivity index (χ3n) is 3.40. The lowest BCUT2D eigenvalue weighted by molar-refractivity contribution is 0.0697. The molecule has 5 heteroatoms. The summed E-state index contributed by atoms with van der Waals surface area (Å²) in [5.41, 5.74) is 3.75. The van der Waals surface area contributed by atoms with Gasteiger partial charge in [-0.3, -0.25) is 0 Å². The highest BCUT2D eigenvalue weighted by molar-refractivity contribution is 5.89. The molecule has 3 rings (SSSR count). The smallest absolute Gasteiger partial charge is 0.335 e. The molecule has 0 unspecified atom stereocenters. The van der Waals surface area contributed by atoms with E-state index in [4.69, 9.17) is 5.11 Å². The van der Waals surface area contributed by atoms with Crippen LogP contribution in [0.1, 0.15) is 15.9 Å². The summed E-state index contributed by atoms with van der Waals surface area (Å²) >= 11 is 0. The Balaban J connectivity index is 1.89. The predicted molar refractivity (Wildman–Crippen MR) is 88.9 cm³/mol. The van der Waals surface area contributed by atoms with E-state index in [-0.39, 0.29) is 5.56 Å². The number of aromatic carboxylic acids is 1. The van der Waals surface area contributed by atoms with Gasteiger partial charge in [0.25, 0.3) is 0 Å². The van der Waals surface area contributed by atoms with Gasteiger partial charge in [0.15, 0.2) is 0 Å². The maximum Gasteiger partial charge on any atom is 0.335 e. The average molecular weight is 305 g/mol. The maximum atomic E-state index is 11.1. The summed E-state index contributed by atoms with van der Waals surface area (Å²) in [6.45, 7) is 2.03. The first-order chi connectivity index (χ1) is 11.1. The molecule has 1 aromatic heterocycles. The topological polar surface area (TPSA) is 75.1 Å². The molecule has 2 N–H and O–H groups in total. The van der Waals surface area contributed by atoms with Crippen molar-refractivity contribution in [2.75, 3.05) is 5.32 Å². The van der Waals surface area contributed by atoms with Crippen molar-refractivity contribution in [3.8, 4) is 11.3 Å². The van der Waals surface area contributed by atoms with Crippen LogP contribution in [-0.2, 0) is 0 Å². The Labute approximate surface area is 133 Å². The zero-order chi connectivity index (χ0) is 16.2. The van der Waals surface area contributed by atoms with E-state index < -0.39 is 5.97 Å². The molecule has 0 saturated carbocycles. The molecule has 0 fully saturated rings. The van der Waals surface area contributed by atoms with E-state index in [9.17, 15) is 4.79 Å². The van der Waals surface area contributed by atoms with Crippen molar-refractivity contribution in [2.45, 2.75) is 6.92 Å². The van der Waals surface area contributed by atoms with Crippen molar-refractivity contribution in [1.29, 1.82) is 0 Å². The molecule has 114 valence electrons. The van der Waals surface area contributed by atoms with Crippen LogP contribution < -0.4 is 5.32 Å². The van der Waals surface area contributed by atoms with E-state index >= 15 is 0 Å². The molecular formula is C18H15N3O2. The molecule has 2 aromatic carbocycles. The van der Waals surface area contributed by atoms with Gasteiger partial charge in [0.1, 0.15) is 12.1 Å². The Morgan fingerprint density at radius 2 is 1.83 bits per heavy atom. The molecule has 0 radical (unpaired) electrons. The van der Waals surface area contributed by atoms with Gasteiger partial charge < -0.3 is 10.4 Å². The summed E-state index contributed by atoms with van der Waals surface area (Å²) < 4.78 is 0. The Hall–Kier alpha value is -3.21. The van der Waals surface area contributed by atoms with Gasteiger partial charge in [0.2, 0.25) is 0 Å². The fourth-order valence-electron chi connectivity index (χ4n) is 2.18. The summed E-state index contributed by atoms with van der Waals surface area (Å²) in [6, 6.07) is 16.4. The second-order valence-corrected chi connectivity index (χ2v) is 5.17. The first-order valence-corrected chi connectivity index (χ1v) is 7.11. The van der Waals surface area contributed by atoms with Crippen molar-refractivity contribution in [1.82, 2.24) is 9.97 Å². The summed E-state index contributed by atoms with van der Waals surface area (Å²) in [5, 5.41) is 12.3. The van der Waals surface area contributed by atoms with Crippen LogP contribution in [0, 0.1) is 6.92 Å². The van der Waals surface area contributed by atoms with Gasteiger partial charge in [-0.2, -0.15) is 0 Å². The number of carboxylic acids is 1. The standard InChI is InChI=1S/C18H15N3O2/c1-12-5-7-15(8-6-12)21-17-10-16(19-11-20-17)13-3-2-4-14(9-13)18(22)23/h2-11H,1H3,(H,22,23)(H,19,20,21). The summed E-state index contributed by atoms with van der Waals surface area (Å²) in [7, 11) is 0. The van der Waals surface area contributed by atoms with Crippen LogP contribution in [0.5, 0.6) is 0 Å². The zero-order valence-electron chi connectivity index (χ0n) is 12.5. The lowest BCUT2D eigenvalue weighted by Crippen LogP contribution is -1.98. The molecule has 23 heavy (non-hydrogen) atoms. The van der Waals surface area contributed by atoms with Crippen LogP contribution >= 0.6 is 0 Å². The molecule has 0 aliphatic rings. The van der Waals surface area contributed by atoms with E-state index in [1.54, 1.807) is 24.3 Å². The van der Waals surface area contributed by atoms with Crippen LogP contribution in [0.25, 0.3) is 11.3 Å². The Morgan fingerprint density at radius 1 is 1.04 bits per heavy atom. The minimum atomic E-state index is -0.959. The van der Waals surface area contributed by atoms with Gasteiger partial charge >= 0.3 is 5.97 Å². The number of benzene rings is 2. The van der Waals surface area contributed by atoms with E-state index in [0.29, 0.717) is 11.5 Å². The first-order valence-electron chi connectivity index (χ1n) is 7.11. The second-order valence-electron chi connectivity index (χ2n) is 5.17. The molecule has 0 spiro atoms. The number of anilines is 2. The van der Waals surface area contributed by atoms with Gasteiger partial charge in [-0.25, -0.2) is 14.8 Å². The molecule has 0 atom stereocenters. The van der Waals surface area contributed by atoms with E-state index in [1.165, 1.54) is 11.9 Å². The largest absolute Gasteiger partial charge is 0.478 e. The monoisotopic (exact) mass is 305 g/mol. The van der Waals surface area contributed by atoms with Crippen molar-refractivity contribution < 1.29 is 9.90 Å². The Kier molecular flexibility index (Phi) is 4.01. The van der Waals surface area contributed by atoms with Crippen molar-refractivity contribution >= 4 is 17.5 Å². The number of hydrogen-bond donors (Lipinski definition) is 2. The predicted octanol–water partition coefficient (Wildman–Crippen LogP) is 3.89. The SMILES string of the molecule is Cc1ccc(Nc2cc(-c3cccc(C(=O)O)c3)ncn2)cc1. The van der Waals surface area contributed by atoms with Crippen LogP contribution in [0.2, 0.25) is 0 Å². The quantitative estimate of drug-likeness (QED) is 0.764. The Bertz CT molecular complexity index is 845. The summed E-state index contributed by atoms with van der Waals surface area (Å²) in [5.74, 6) is -0.307. The molecule has 0 bridgehead atoms. The Morgan fingerprint density at radius 3 is 2.57 bits per heavy atom. The second kappa shape index (κ2) is 6.27.